The Morgan fingerprint density at radius 1 is 1.17 bits per heavy atom. The number of carbonyl (C=O) groups is 3. The van der Waals surface area contributed by atoms with Gasteiger partial charge in [-0.3, -0.25) is 19.4 Å². The van der Waals surface area contributed by atoms with Gasteiger partial charge in [-0.1, -0.05) is 18.2 Å². The Balaban J connectivity index is 1.67. The predicted molar refractivity (Wildman–Crippen MR) is 88.2 cm³/mol. The zero-order valence-electron chi connectivity index (χ0n) is 12.0. The average Bonchev–Trinajstić information content (AvgIpc) is 2.83. The number of rotatable bonds is 4. The number of benzene rings is 1. The van der Waals surface area contributed by atoms with Gasteiger partial charge in [-0.15, -0.1) is 0 Å². The predicted octanol–water partition coefficient (Wildman–Crippen LogP) is 2.68. The molecule has 1 saturated heterocycles. The molecule has 1 unspecified atom stereocenters. The molecule has 1 aromatic heterocycles. The number of nitrogens with one attached hydrogen (secondary N) is 1. The van der Waals surface area contributed by atoms with E-state index in [1.165, 1.54) is 6.20 Å². The molecule has 1 N–H and O–H groups in total. The third-order valence-corrected chi connectivity index (χ3v) is 4.29. The molecule has 2 heterocycles. The van der Waals surface area contributed by atoms with Gasteiger partial charge < -0.3 is 5.32 Å². The molecule has 0 aliphatic carbocycles. The first kappa shape index (κ1) is 15.2. The second-order valence-electron chi connectivity index (χ2n) is 4.88. The van der Waals surface area contributed by atoms with E-state index in [1.54, 1.807) is 48.7 Å². The number of amides is 3. The Morgan fingerprint density at radius 2 is 1.96 bits per heavy atom. The molecule has 0 radical (unpaired) electrons. The minimum atomic E-state index is -0.709. The molecule has 23 heavy (non-hydrogen) atoms. The number of thioether (sulfide) groups is 1. The third kappa shape index (κ3) is 3.40. The van der Waals surface area contributed by atoms with Crippen molar-refractivity contribution in [3.63, 3.8) is 0 Å². The number of hydrogen-bond acceptors (Lipinski definition) is 5. The van der Waals surface area contributed by atoms with Gasteiger partial charge in [0.15, 0.2) is 0 Å². The molecule has 1 fully saturated rings. The summed E-state index contributed by atoms with van der Waals surface area (Å²) in [5, 5.41) is 1.59. The minimum Gasteiger partial charge on any atom is -0.325 e. The van der Waals surface area contributed by atoms with Gasteiger partial charge >= 0.3 is 0 Å². The van der Waals surface area contributed by atoms with Crippen molar-refractivity contribution in [2.24, 2.45) is 0 Å². The van der Waals surface area contributed by atoms with Crippen LogP contribution in [0.3, 0.4) is 0 Å². The molecule has 0 saturated carbocycles. The molecule has 1 atom stereocenters. The minimum absolute atomic E-state index is 0.0620. The van der Waals surface area contributed by atoms with E-state index in [0.717, 1.165) is 16.7 Å². The topological polar surface area (TPSA) is 79.4 Å². The summed E-state index contributed by atoms with van der Waals surface area (Å²) in [4.78, 5) is 41.5. The third-order valence-electron chi connectivity index (χ3n) is 3.25. The SMILES string of the molecule is O=C(CC1SC(=O)N(c2ccccc2)C1=O)Nc1cccnc1. The van der Waals surface area contributed by atoms with Crippen molar-refractivity contribution in [3.8, 4) is 0 Å². The van der Waals surface area contributed by atoms with Crippen molar-refractivity contribution < 1.29 is 14.4 Å². The van der Waals surface area contributed by atoms with Gasteiger partial charge in [-0.05, 0) is 36.0 Å². The first-order valence-electron chi connectivity index (χ1n) is 6.94. The van der Waals surface area contributed by atoms with Crippen LogP contribution >= 0.6 is 11.8 Å². The van der Waals surface area contributed by atoms with Crippen molar-refractivity contribution in [2.45, 2.75) is 11.7 Å². The highest BCUT2D eigenvalue weighted by atomic mass is 32.2. The first-order chi connectivity index (χ1) is 11.1. The Labute approximate surface area is 136 Å². The summed E-state index contributed by atoms with van der Waals surface area (Å²) in [7, 11) is 0. The van der Waals surface area contributed by atoms with E-state index in [1.807, 2.05) is 0 Å². The summed E-state index contributed by atoms with van der Waals surface area (Å²) in [6.45, 7) is 0. The highest BCUT2D eigenvalue weighted by molar-refractivity contribution is 8.15. The fraction of sp³-hybridized carbons (Fsp3) is 0.125. The molecular weight excluding hydrogens is 314 g/mol. The van der Waals surface area contributed by atoms with E-state index in [4.69, 9.17) is 0 Å². The smallest absolute Gasteiger partial charge is 0.293 e. The molecule has 3 amide bonds. The lowest BCUT2D eigenvalue weighted by Crippen LogP contribution is -2.32. The quantitative estimate of drug-likeness (QED) is 0.934. The van der Waals surface area contributed by atoms with Crippen LogP contribution in [-0.4, -0.2) is 27.3 Å². The van der Waals surface area contributed by atoms with E-state index in [-0.39, 0.29) is 23.5 Å². The van der Waals surface area contributed by atoms with Crippen LogP contribution < -0.4 is 10.2 Å². The number of nitrogens with zero attached hydrogens (tertiary/aromatic N) is 2. The van der Waals surface area contributed by atoms with Gasteiger partial charge in [-0.25, -0.2) is 4.90 Å². The number of hydrogen-bond donors (Lipinski definition) is 1. The summed E-state index contributed by atoms with van der Waals surface area (Å²) >= 11 is 0.876. The molecule has 0 spiro atoms. The fourth-order valence-corrected chi connectivity index (χ4v) is 3.20. The maximum atomic E-state index is 12.4. The van der Waals surface area contributed by atoms with Gasteiger partial charge in [0.05, 0.1) is 17.6 Å². The summed E-state index contributed by atoms with van der Waals surface area (Å²) in [6.07, 6.45) is 3.05. The van der Waals surface area contributed by atoms with E-state index in [9.17, 15) is 14.4 Å². The molecule has 1 aliphatic rings. The zero-order valence-corrected chi connectivity index (χ0v) is 12.8. The molecular formula is C16H13N3O3S. The van der Waals surface area contributed by atoms with Crippen molar-refractivity contribution >= 4 is 40.2 Å². The summed E-state index contributed by atoms with van der Waals surface area (Å²) in [5.41, 5.74) is 1.07. The Kier molecular flexibility index (Phi) is 4.38. The lowest BCUT2D eigenvalue weighted by Gasteiger charge is -2.13. The second-order valence-corrected chi connectivity index (χ2v) is 6.03. The Hall–Kier alpha value is -2.67. The molecule has 3 rings (SSSR count). The number of imide groups is 1. The molecule has 2 aromatic rings. The van der Waals surface area contributed by atoms with Crippen molar-refractivity contribution in [1.29, 1.82) is 0 Å². The first-order valence-corrected chi connectivity index (χ1v) is 7.82. The van der Waals surface area contributed by atoms with Crippen molar-refractivity contribution in [3.05, 3.63) is 54.9 Å². The zero-order chi connectivity index (χ0) is 16.2. The standard InChI is InChI=1S/C16H13N3O3S/c20-14(18-11-5-4-8-17-10-11)9-13-15(21)19(16(22)23-13)12-6-2-1-3-7-12/h1-8,10,13H,9H2,(H,18,20). The van der Waals surface area contributed by atoms with E-state index in [0.29, 0.717) is 11.4 Å². The lowest BCUT2D eigenvalue weighted by atomic mass is 10.2. The van der Waals surface area contributed by atoms with Gasteiger partial charge in [0.25, 0.3) is 5.24 Å². The summed E-state index contributed by atoms with van der Waals surface area (Å²) in [5.74, 6) is -0.695. The Morgan fingerprint density at radius 3 is 2.65 bits per heavy atom. The number of carbonyl (C=O) groups excluding carboxylic acids is 3. The van der Waals surface area contributed by atoms with Gasteiger partial charge in [0, 0.05) is 12.6 Å². The van der Waals surface area contributed by atoms with Crippen LogP contribution in [0.15, 0.2) is 54.9 Å². The van der Waals surface area contributed by atoms with Crippen LogP contribution in [0.25, 0.3) is 0 Å². The maximum Gasteiger partial charge on any atom is 0.293 e. The fourth-order valence-electron chi connectivity index (χ4n) is 2.21. The Bertz CT molecular complexity index is 737. The van der Waals surface area contributed by atoms with E-state index >= 15 is 0 Å². The van der Waals surface area contributed by atoms with Gasteiger partial charge in [0.1, 0.15) is 5.25 Å². The van der Waals surface area contributed by atoms with Crippen molar-refractivity contribution in [2.75, 3.05) is 10.2 Å². The largest absolute Gasteiger partial charge is 0.325 e. The average molecular weight is 327 g/mol. The number of anilines is 2. The summed E-state index contributed by atoms with van der Waals surface area (Å²) < 4.78 is 0. The van der Waals surface area contributed by atoms with Crippen LogP contribution in [0.4, 0.5) is 16.2 Å². The highest BCUT2D eigenvalue weighted by Crippen LogP contribution is 2.33. The number of para-hydroxylation sites is 1. The molecule has 1 aliphatic heterocycles. The molecule has 7 heteroatoms. The molecule has 0 bridgehead atoms. The highest BCUT2D eigenvalue weighted by Gasteiger charge is 2.41. The number of aromatic nitrogens is 1. The summed E-state index contributed by atoms with van der Waals surface area (Å²) in [6, 6.07) is 12.1. The lowest BCUT2D eigenvalue weighted by molar-refractivity contribution is -0.121. The normalized spacial score (nSPS) is 17.4. The van der Waals surface area contributed by atoms with Gasteiger partial charge in [-0.2, -0.15) is 0 Å². The monoisotopic (exact) mass is 327 g/mol. The molecule has 1 aromatic carbocycles. The number of pyridine rings is 1. The van der Waals surface area contributed by atoms with E-state index < -0.39 is 5.25 Å². The van der Waals surface area contributed by atoms with Crippen LogP contribution in [-0.2, 0) is 9.59 Å². The van der Waals surface area contributed by atoms with Crippen LogP contribution in [0.1, 0.15) is 6.42 Å². The van der Waals surface area contributed by atoms with Crippen LogP contribution in [0.5, 0.6) is 0 Å². The van der Waals surface area contributed by atoms with Crippen molar-refractivity contribution in [1.82, 2.24) is 4.98 Å². The van der Waals surface area contributed by atoms with E-state index in [2.05, 4.69) is 10.3 Å². The van der Waals surface area contributed by atoms with Crippen LogP contribution in [0.2, 0.25) is 0 Å². The molecule has 6 nitrogen and oxygen atoms in total. The molecule has 116 valence electrons. The van der Waals surface area contributed by atoms with Crippen LogP contribution in [0, 0.1) is 0 Å². The maximum absolute atomic E-state index is 12.4. The van der Waals surface area contributed by atoms with Gasteiger partial charge in [0.2, 0.25) is 11.8 Å². The second kappa shape index (κ2) is 6.62.